The van der Waals surface area contributed by atoms with Crippen molar-refractivity contribution in [2.75, 3.05) is 13.2 Å². The van der Waals surface area contributed by atoms with Gasteiger partial charge in [0.05, 0.1) is 12.2 Å². The maximum Gasteiger partial charge on any atom is 0.128 e. The van der Waals surface area contributed by atoms with Gasteiger partial charge in [-0.3, -0.25) is 0 Å². The second-order valence-electron chi connectivity index (χ2n) is 5.23. The van der Waals surface area contributed by atoms with Gasteiger partial charge in [0.2, 0.25) is 0 Å². The summed E-state index contributed by atoms with van der Waals surface area (Å²) in [5.41, 5.74) is 1.42. The van der Waals surface area contributed by atoms with E-state index in [1.807, 2.05) is 32.9 Å². The average molecular weight is 250 g/mol. The molecule has 1 aromatic rings. The van der Waals surface area contributed by atoms with Crippen molar-refractivity contribution < 1.29 is 14.6 Å². The Balaban J connectivity index is 2.33. The lowest BCUT2D eigenvalue weighted by Gasteiger charge is -2.32. The van der Waals surface area contributed by atoms with Crippen LogP contribution in [-0.4, -0.2) is 23.9 Å². The van der Waals surface area contributed by atoms with Crippen LogP contribution in [0, 0.1) is 0 Å². The van der Waals surface area contributed by atoms with E-state index in [1.54, 1.807) is 0 Å². The molecule has 1 N–H and O–H groups in total. The van der Waals surface area contributed by atoms with Gasteiger partial charge < -0.3 is 14.6 Å². The number of aliphatic hydroxyl groups is 1. The SMILES string of the molecule is CCOC(C)(C)C(O)c1cccc2c1OCCC2. The second kappa shape index (κ2) is 5.29. The summed E-state index contributed by atoms with van der Waals surface area (Å²) in [4.78, 5) is 0. The van der Waals surface area contributed by atoms with Gasteiger partial charge in [0.25, 0.3) is 0 Å². The molecule has 1 unspecified atom stereocenters. The number of benzene rings is 1. The van der Waals surface area contributed by atoms with Crippen LogP contribution in [0.2, 0.25) is 0 Å². The van der Waals surface area contributed by atoms with Crippen molar-refractivity contribution in [2.24, 2.45) is 0 Å². The molecule has 1 aromatic carbocycles. The van der Waals surface area contributed by atoms with Crippen LogP contribution in [-0.2, 0) is 11.2 Å². The van der Waals surface area contributed by atoms with Gasteiger partial charge >= 0.3 is 0 Å². The average Bonchev–Trinajstić information content (AvgIpc) is 2.37. The summed E-state index contributed by atoms with van der Waals surface area (Å²) in [6, 6.07) is 5.97. The van der Waals surface area contributed by atoms with Gasteiger partial charge in [-0.05, 0) is 39.2 Å². The molecule has 1 aliphatic heterocycles. The van der Waals surface area contributed by atoms with Gasteiger partial charge in [-0.1, -0.05) is 18.2 Å². The highest BCUT2D eigenvalue weighted by molar-refractivity contribution is 5.44. The van der Waals surface area contributed by atoms with Crippen LogP contribution in [0.5, 0.6) is 5.75 Å². The van der Waals surface area contributed by atoms with E-state index in [2.05, 4.69) is 6.07 Å². The van der Waals surface area contributed by atoms with Crippen molar-refractivity contribution in [1.29, 1.82) is 0 Å². The smallest absolute Gasteiger partial charge is 0.128 e. The fourth-order valence-electron chi connectivity index (χ4n) is 2.46. The molecule has 2 rings (SSSR count). The summed E-state index contributed by atoms with van der Waals surface area (Å²) in [5, 5.41) is 10.5. The first-order chi connectivity index (χ1) is 8.56. The molecule has 0 radical (unpaired) electrons. The zero-order chi connectivity index (χ0) is 13.2. The predicted molar refractivity (Wildman–Crippen MR) is 70.9 cm³/mol. The Kier molecular flexibility index (Phi) is 3.93. The number of hydrogen-bond acceptors (Lipinski definition) is 3. The van der Waals surface area contributed by atoms with E-state index >= 15 is 0 Å². The molecule has 0 aromatic heterocycles. The fourth-order valence-corrected chi connectivity index (χ4v) is 2.46. The molecule has 0 fully saturated rings. The number of aryl methyl sites for hydroxylation is 1. The van der Waals surface area contributed by atoms with Crippen molar-refractivity contribution >= 4 is 0 Å². The summed E-state index contributed by atoms with van der Waals surface area (Å²) < 4.78 is 11.4. The predicted octanol–water partition coefficient (Wildman–Crippen LogP) is 2.86. The molecule has 18 heavy (non-hydrogen) atoms. The summed E-state index contributed by atoms with van der Waals surface area (Å²) in [7, 11) is 0. The summed E-state index contributed by atoms with van der Waals surface area (Å²) in [6.45, 7) is 7.06. The van der Waals surface area contributed by atoms with Crippen LogP contribution >= 0.6 is 0 Å². The van der Waals surface area contributed by atoms with Crippen LogP contribution in [0.3, 0.4) is 0 Å². The summed E-state index contributed by atoms with van der Waals surface area (Å²) >= 11 is 0. The van der Waals surface area contributed by atoms with E-state index in [0.717, 1.165) is 30.8 Å². The first kappa shape index (κ1) is 13.4. The van der Waals surface area contributed by atoms with Gasteiger partial charge in [-0.15, -0.1) is 0 Å². The van der Waals surface area contributed by atoms with Crippen molar-refractivity contribution in [3.05, 3.63) is 29.3 Å². The molecule has 1 atom stereocenters. The largest absolute Gasteiger partial charge is 0.493 e. The van der Waals surface area contributed by atoms with Crippen LogP contribution in [0.1, 0.15) is 44.4 Å². The first-order valence-corrected chi connectivity index (χ1v) is 6.63. The Hall–Kier alpha value is -1.06. The monoisotopic (exact) mass is 250 g/mol. The maximum absolute atomic E-state index is 10.5. The van der Waals surface area contributed by atoms with Gasteiger partial charge in [0.15, 0.2) is 0 Å². The quantitative estimate of drug-likeness (QED) is 0.893. The fraction of sp³-hybridized carbons (Fsp3) is 0.600. The van der Waals surface area contributed by atoms with Gasteiger partial charge in [-0.2, -0.15) is 0 Å². The van der Waals surface area contributed by atoms with Crippen LogP contribution < -0.4 is 4.74 Å². The standard InChI is InChI=1S/C15H22O3/c1-4-18-15(2,3)14(16)12-9-5-7-11-8-6-10-17-13(11)12/h5,7,9,14,16H,4,6,8,10H2,1-3H3. The van der Waals surface area contributed by atoms with Gasteiger partial charge in [-0.25, -0.2) is 0 Å². The lowest BCUT2D eigenvalue weighted by molar-refractivity contribution is -0.0991. The molecule has 1 heterocycles. The first-order valence-electron chi connectivity index (χ1n) is 6.63. The molecular weight excluding hydrogens is 228 g/mol. The van der Waals surface area contributed by atoms with Crippen LogP contribution in [0.4, 0.5) is 0 Å². The zero-order valence-electron chi connectivity index (χ0n) is 11.4. The Morgan fingerprint density at radius 2 is 2.22 bits per heavy atom. The van der Waals surface area contributed by atoms with Crippen LogP contribution in [0.15, 0.2) is 18.2 Å². The van der Waals surface area contributed by atoms with E-state index in [1.165, 1.54) is 5.56 Å². The highest BCUT2D eigenvalue weighted by Gasteiger charge is 2.32. The molecular formula is C15H22O3. The molecule has 0 aliphatic carbocycles. The molecule has 0 bridgehead atoms. The summed E-state index contributed by atoms with van der Waals surface area (Å²) in [6.07, 6.45) is 1.39. The molecule has 0 saturated carbocycles. The molecule has 100 valence electrons. The van der Waals surface area contributed by atoms with Gasteiger partial charge in [0, 0.05) is 12.2 Å². The number of fused-ring (bicyclic) bond motifs is 1. The Morgan fingerprint density at radius 1 is 1.44 bits per heavy atom. The lowest BCUT2D eigenvalue weighted by atomic mass is 9.91. The third-order valence-corrected chi connectivity index (χ3v) is 3.43. The highest BCUT2D eigenvalue weighted by Crippen LogP contribution is 2.38. The Labute approximate surface area is 109 Å². The molecule has 0 saturated heterocycles. The van der Waals surface area contributed by atoms with Crippen molar-refractivity contribution in [1.82, 2.24) is 0 Å². The minimum Gasteiger partial charge on any atom is -0.493 e. The minimum atomic E-state index is -0.675. The van der Waals surface area contributed by atoms with E-state index in [4.69, 9.17) is 9.47 Å². The normalized spacial score (nSPS) is 16.9. The zero-order valence-corrected chi connectivity index (χ0v) is 11.4. The minimum absolute atomic E-state index is 0.583. The molecule has 0 spiro atoms. The number of ether oxygens (including phenoxy) is 2. The van der Waals surface area contributed by atoms with Crippen molar-refractivity contribution in [3.63, 3.8) is 0 Å². The van der Waals surface area contributed by atoms with Gasteiger partial charge in [0.1, 0.15) is 11.9 Å². The Morgan fingerprint density at radius 3 is 2.94 bits per heavy atom. The number of hydrogen-bond donors (Lipinski definition) is 1. The molecule has 1 aliphatic rings. The third-order valence-electron chi connectivity index (χ3n) is 3.43. The van der Waals surface area contributed by atoms with Crippen molar-refractivity contribution in [3.8, 4) is 5.75 Å². The molecule has 3 heteroatoms. The Bertz CT molecular complexity index is 412. The lowest BCUT2D eigenvalue weighted by Crippen LogP contribution is -2.33. The topological polar surface area (TPSA) is 38.7 Å². The maximum atomic E-state index is 10.5. The van der Waals surface area contributed by atoms with E-state index in [9.17, 15) is 5.11 Å². The second-order valence-corrected chi connectivity index (χ2v) is 5.23. The van der Waals surface area contributed by atoms with Crippen LogP contribution in [0.25, 0.3) is 0 Å². The number of aliphatic hydroxyl groups excluding tert-OH is 1. The highest BCUT2D eigenvalue weighted by atomic mass is 16.5. The van der Waals surface area contributed by atoms with E-state index in [0.29, 0.717) is 6.61 Å². The summed E-state index contributed by atoms with van der Waals surface area (Å²) in [5.74, 6) is 0.851. The molecule has 3 nitrogen and oxygen atoms in total. The third kappa shape index (κ3) is 2.52. The number of para-hydroxylation sites is 1. The molecule has 0 amide bonds. The van der Waals surface area contributed by atoms with E-state index < -0.39 is 11.7 Å². The van der Waals surface area contributed by atoms with E-state index in [-0.39, 0.29) is 0 Å². The number of rotatable bonds is 4. The van der Waals surface area contributed by atoms with Crippen molar-refractivity contribution in [2.45, 2.75) is 45.3 Å².